The summed E-state index contributed by atoms with van der Waals surface area (Å²) in [6, 6.07) is 12.5. The number of benzene rings is 1. The molecule has 3 heteroatoms. The van der Waals surface area contributed by atoms with Crippen molar-refractivity contribution in [3.8, 4) is 0 Å². The molecule has 0 bridgehead atoms. The predicted molar refractivity (Wildman–Crippen MR) is 77.2 cm³/mol. The van der Waals surface area contributed by atoms with Gasteiger partial charge in [-0.25, -0.2) is 0 Å². The van der Waals surface area contributed by atoms with Gasteiger partial charge in [-0.15, -0.1) is 0 Å². The van der Waals surface area contributed by atoms with E-state index in [1.807, 2.05) is 12.4 Å². The van der Waals surface area contributed by atoms with E-state index in [0.717, 1.165) is 18.7 Å². The fourth-order valence-electron chi connectivity index (χ4n) is 1.79. The summed E-state index contributed by atoms with van der Waals surface area (Å²) in [5, 5.41) is 3.44. The Hall–Kier alpha value is -2.03. The van der Waals surface area contributed by atoms with Crippen molar-refractivity contribution in [1.82, 2.24) is 4.98 Å². The molecule has 1 aromatic carbocycles. The summed E-state index contributed by atoms with van der Waals surface area (Å²) in [7, 11) is 4.10. The van der Waals surface area contributed by atoms with E-state index in [1.54, 1.807) is 0 Å². The number of rotatable bonds is 5. The fraction of sp³-hybridized carbons (Fsp3) is 0.267. The van der Waals surface area contributed by atoms with Crippen LogP contribution in [0.1, 0.15) is 5.56 Å². The molecule has 0 amide bonds. The summed E-state index contributed by atoms with van der Waals surface area (Å²) >= 11 is 0. The van der Waals surface area contributed by atoms with Gasteiger partial charge in [-0.1, -0.05) is 6.07 Å². The first kappa shape index (κ1) is 12.4. The van der Waals surface area contributed by atoms with Gasteiger partial charge >= 0.3 is 0 Å². The molecule has 3 nitrogen and oxygen atoms in total. The molecule has 1 aromatic heterocycles. The predicted octanol–water partition coefficient (Wildman–Crippen LogP) is 2.80. The van der Waals surface area contributed by atoms with Gasteiger partial charge in [-0.2, -0.15) is 0 Å². The van der Waals surface area contributed by atoms with Gasteiger partial charge in [-0.3, -0.25) is 4.98 Å². The molecule has 0 saturated carbocycles. The fourth-order valence-corrected chi connectivity index (χ4v) is 1.79. The zero-order valence-corrected chi connectivity index (χ0v) is 10.9. The quantitative estimate of drug-likeness (QED) is 0.872. The molecule has 0 radical (unpaired) electrons. The molecule has 0 aliphatic carbocycles. The van der Waals surface area contributed by atoms with Crippen molar-refractivity contribution < 1.29 is 0 Å². The van der Waals surface area contributed by atoms with Crippen LogP contribution >= 0.6 is 0 Å². The highest BCUT2D eigenvalue weighted by Gasteiger charge is 1.97. The molecule has 18 heavy (non-hydrogen) atoms. The summed E-state index contributed by atoms with van der Waals surface area (Å²) in [6.07, 6.45) is 4.68. The third kappa shape index (κ3) is 3.48. The van der Waals surface area contributed by atoms with E-state index in [1.165, 1.54) is 11.3 Å². The number of nitrogens with one attached hydrogen (secondary N) is 1. The van der Waals surface area contributed by atoms with E-state index >= 15 is 0 Å². The second-order valence-electron chi connectivity index (χ2n) is 4.48. The van der Waals surface area contributed by atoms with Crippen LogP contribution in [0.25, 0.3) is 0 Å². The Morgan fingerprint density at radius 1 is 1.11 bits per heavy atom. The van der Waals surface area contributed by atoms with Gasteiger partial charge in [0, 0.05) is 44.4 Å². The number of anilines is 2. The van der Waals surface area contributed by atoms with Crippen LogP contribution in [0.3, 0.4) is 0 Å². The van der Waals surface area contributed by atoms with Crippen molar-refractivity contribution in [3.63, 3.8) is 0 Å². The molecule has 0 spiro atoms. The maximum Gasteiger partial charge on any atom is 0.0381 e. The van der Waals surface area contributed by atoms with Gasteiger partial charge in [0.1, 0.15) is 0 Å². The molecule has 0 aliphatic heterocycles. The van der Waals surface area contributed by atoms with Crippen LogP contribution in [0, 0.1) is 0 Å². The lowest BCUT2D eigenvalue weighted by atomic mass is 10.2. The minimum Gasteiger partial charge on any atom is -0.385 e. The lowest BCUT2D eigenvalue weighted by Crippen LogP contribution is -2.10. The van der Waals surface area contributed by atoms with Gasteiger partial charge in [-0.05, 0) is 42.3 Å². The van der Waals surface area contributed by atoms with Gasteiger partial charge < -0.3 is 10.2 Å². The molecule has 1 N–H and O–H groups in total. The van der Waals surface area contributed by atoms with Crippen LogP contribution in [0.2, 0.25) is 0 Å². The molecule has 0 saturated heterocycles. The number of pyridine rings is 1. The Morgan fingerprint density at radius 3 is 2.61 bits per heavy atom. The number of nitrogens with zero attached hydrogens (tertiary/aromatic N) is 2. The van der Waals surface area contributed by atoms with Crippen molar-refractivity contribution in [1.29, 1.82) is 0 Å². The second kappa shape index (κ2) is 6.05. The Kier molecular flexibility index (Phi) is 4.18. The highest BCUT2D eigenvalue weighted by atomic mass is 15.1. The van der Waals surface area contributed by atoms with Gasteiger partial charge in [0.05, 0.1) is 0 Å². The summed E-state index contributed by atoms with van der Waals surface area (Å²) in [5.41, 5.74) is 3.68. The second-order valence-corrected chi connectivity index (χ2v) is 4.48. The normalized spacial score (nSPS) is 10.1. The van der Waals surface area contributed by atoms with E-state index in [0.29, 0.717) is 0 Å². The lowest BCUT2D eigenvalue weighted by Gasteiger charge is -2.14. The van der Waals surface area contributed by atoms with Gasteiger partial charge in [0.2, 0.25) is 0 Å². The van der Waals surface area contributed by atoms with Gasteiger partial charge in [0.25, 0.3) is 0 Å². The summed E-state index contributed by atoms with van der Waals surface area (Å²) < 4.78 is 0. The van der Waals surface area contributed by atoms with Crippen LogP contribution in [0.15, 0.2) is 48.8 Å². The monoisotopic (exact) mass is 241 g/mol. The van der Waals surface area contributed by atoms with Crippen LogP contribution in [-0.2, 0) is 6.42 Å². The Bertz CT molecular complexity index is 480. The number of aromatic nitrogens is 1. The highest BCUT2D eigenvalue weighted by molar-refractivity contribution is 5.57. The third-order valence-corrected chi connectivity index (χ3v) is 2.85. The van der Waals surface area contributed by atoms with E-state index in [9.17, 15) is 0 Å². The third-order valence-electron chi connectivity index (χ3n) is 2.85. The SMILES string of the molecule is CN(C)c1cccc(NCCc2ccncc2)c1. The zero-order valence-electron chi connectivity index (χ0n) is 10.9. The largest absolute Gasteiger partial charge is 0.385 e. The molecule has 0 unspecified atom stereocenters. The smallest absolute Gasteiger partial charge is 0.0381 e. The topological polar surface area (TPSA) is 28.2 Å². The lowest BCUT2D eigenvalue weighted by molar-refractivity contribution is 1.01. The van der Waals surface area contributed by atoms with Crippen LogP contribution < -0.4 is 10.2 Å². The Labute approximate surface area is 108 Å². The van der Waals surface area contributed by atoms with Crippen molar-refractivity contribution in [2.24, 2.45) is 0 Å². The van der Waals surface area contributed by atoms with Crippen LogP contribution in [-0.4, -0.2) is 25.6 Å². The summed E-state index contributed by atoms with van der Waals surface area (Å²) in [5.74, 6) is 0. The minimum absolute atomic E-state index is 0.931. The molecule has 2 rings (SSSR count). The maximum absolute atomic E-state index is 4.02. The summed E-state index contributed by atoms with van der Waals surface area (Å²) in [6.45, 7) is 0.931. The van der Waals surface area contributed by atoms with Gasteiger partial charge in [0.15, 0.2) is 0 Å². The highest BCUT2D eigenvalue weighted by Crippen LogP contribution is 2.17. The van der Waals surface area contributed by atoms with E-state index in [-0.39, 0.29) is 0 Å². The van der Waals surface area contributed by atoms with Crippen molar-refractivity contribution >= 4 is 11.4 Å². The average Bonchev–Trinajstić information content (AvgIpc) is 2.40. The van der Waals surface area contributed by atoms with Crippen LogP contribution in [0.4, 0.5) is 11.4 Å². The van der Waals surface area contributed by atoms with Crippen molar-refractivity contribution in [2.75, 3.05) is 30.9 Å². The Balaban J connectivity index is 1.89. The number of hydrogen-bond acceptors (Lipinski definition) is 3. The van der Waals surface area contributed by atoms with E-state index in [4.69, 9.17) is 0 Å². The standard InChI is InChI=1S/C15H19N3/c1-18(2)15-5-3-4-14(12-15)17-11-8-13-6-9-16-10-7-13/h3-7,9-10,12,17H,8,11H2,1-2H3. The number of hydrogen-bond donors (Lipinski definition) is 1. The first-order valence-corrected chi connectivity index (χ1v) is 6.16. The molecule has 2 aromatic rings. The molecule has 0 aliphatic rings. The molecule has 0 atom stereocenters. The van der Waals surface area contributed by atoms with Crippen molar-refractivity contribution in [2.45, 2.75) is 6.42 Å². The molecule has 94 valence electrons. The first-order chi connectivity index (χ1) is 8.75. The molecule has 1 heterocycles. The summed E-state index contributed by atoms with van der Waals surface area (Å²) in [4.78, 5) is 6.12. The van der Waals surface area contributed by atoms with E-state index in [2.05, 4.69) is 65.7 Å². The van der Waals surface area contributed by atoms with E-state index < -0.39 is 0 Å². The first-order valence-electron chi connectivity index (χ1n) is 6.16. The Morgan fingerprint density at radius 2 is 1.89 bits per heavy atom. The van der Waals surface area contributed by atoms with Crippen molar-refractivity contribution in [3.05, 3.63) is 54.4 Å². The minimum atomic E-state index is 0.931. The average molecular weight is 241 g/mol. The molecule has 0 fully saturated rings. The van der Waals surface area contributed by atoms with Crippen LogP contribution in [0.5, 0.6) is 0 Å². The molecular weight excluding hydrogens is 222 g/mol. The maximum atomic E-state index is 4.02. The molecular formula is C15H19N3. The zero-order chi connectivity index (χ0) is 12.8.